The van der Waals surface area contributed by atoms with E-state index in [1.54, 1.807) is 6.08 Å². The number of aliphatic hydroxyl groups is 11. The fourth-order valence-corrected chi connectivity index (χ4v) is 16.2. The standard InChI is InChI=1S/C92H170N2O21/c1-4-6-8-10-12-14-16-18-20-22-24-26-28-29-30-31-32-33-34-35-36-37-38-39-40-41-42-43-44-46-48-50-52-54-56-58-60-62-64-66-79(102)94-73(74(99)65-63-61-59-57-55-53-51-49-47-45-27-25-23-21-19-17-15-13-11-9-7-5-2)71-110-89-84(106)83(105)86(78(70-97)112-89)113-90-85(107)88(82(104)77(69-96)111-90)115-92(91(108)109)67-75(100)80(93-72(3)98)87(114-92)81(103)76(101)68-95/h32-33,35-36,63,65,73-78,80-90,95-97,99-101,103-107H,4-31,34,37-62,64,66-71H2,1-3H3,(H,93,98)(H,94,102)(H,108,109)/b33-32-,36-35-,65-63+. The van der Waals surface area contributed by atoms with Crippen molar-refractivity contribution in [2.45, 2.75) is 503 Å². The minimum Gasteiger partial charge on any atom is -0.477 e. The van der Waals surface area contributed by atoms with Gasteiger partial charge in [0, 0.05) is 19.8 Å². The van der Waals surface area contributed by atoms with Crippen LogP contribution in [0.1, 0.15) is 393 Å². The van der Waals surface area contributed by atoms with Crippen molar-refractivity contribution < 1.29 is 104 Å². The molecular weight excluding hydrogens is 1470 g/mol. The van der Waals surface area contributed by atoms with Crippen molar-refractivity contribution in [3.63, 3.8) is 0 Å². The average molecular weight is 1640 g/mol. The Kier molecular flexibility index (Phi) is 64.1. The van der Waals surface area contributed by atoms with Gasteiger partial charge in [0.15, 0.2) is 12.6 Å². The first-order valence-electron chi connectivity index (χ1n) is 46.9. The van der Waals surface area contributed by atoms with Crippen LogP contribution in [-0.2, 0) is 42.8 Å². The van der Waals surface area contributed by atoms with Crippen molar-refractivity contribution in [1.82, 2.24) is 10.6 Å². The number of carbonyl (C=O) groups excluding carboxylic acids is 2. The summed E-state index contributed by atoms with van der Waals surface area (Å²) >= 11 is 0. The number of carbonyl (C=O) groups is 3. The summed E-state index contributed by atoms with van der Waals surface area (Å²) < 4.78 is 35.0. The number of unbranched alkanes of at least 4 members (excludes halogenated alkanes) is 52. The lowest BCUT2D eigenvalue weighted by Crippen LogP contribution is -2.70. The van der Waals surface area contributed by atoms with Crippen LogP contribution in [0.5, 0.6) is 0 Å². The Labute approximate surface area is 695 Å². The van der Waals surface area contributed by atoms with Crippen LogP contribution in [0.4, 0.5) is 0 Å². The monoisotopic (exact) mass is 1640 g/mol. The molecule has 3 saturated heterocycles. The van der Waals surface area contributed by atoms with Gasteiger partial charge in [-0.05, 0) is 51.4 Å². The van der Waals surface area contributed by atoms with Crippen LogP contribution < -0.4 is 10.6 Å². The fraction of sp³-hybridized carbons (Fsp3) is 0.902. The normalized spacial score (nSPS) is 25.1. The van der Waals surface area contributed by atoms with Crippen molar-refractivity contribution in [2.24, 2.45) is 0 Å². The van der Waals surface area contributed by atoms with E-state index in [1.165, 1.54) is 295 Å². The van der Waals surface area contributed by atoms with Gasteiger partial charge in [0.1, 0.15) is 67.1 Å². The van der Waals surface area contributed by atoms with E-state index < -0.39 is 155 Å². The predicted octanol–water partition coefficient (Wildman–Crippen LogP) is 15.6. The van der Waals surface area contributed by atoms with Gasteiger partial charge in [-0.1, -0.05) is 359 Å². The minimum atomic E-state index is -3.09. The van der Waals surface area contributed by atoms with Gasteiger partial charge < -0.3 is 100 Å². The number of amides is 2. The first-order valence-corrected chi connectivity index (χ1v) is 46.9. The summed E-state index contributed by atoms with van der Waals surface area (Å²) in [6, 6.07) is -2.62. The highest BCUT2D eigenvalue weighted by molar-refractivity contribution is 5.77. The maximum absolute atomic E-state index is 13.6. The van der Waals surface area contributed by atoms with Crippen LogP contribution in [0.25, 0.3) is 0 Å². The van der Waals surface area contributed by atoms with Gasteiger partial charge in [-0.25, -0.2) is 4.79 Å². The Hall–Kier alpha value is -3.05. The zero-order valence-electron chi connectivity index (χ0n) is 72.2. The summed E-state index contributed by atoms with van der Waals surface area (Å²) in [5.74, 6) is -6.14. The van der Waals surface area contributed by atoms with E-state index in [9.17, 15) is 75.7 Å². The number of nitrogens with one attached hydrogen (secondary N) is 2. The van der Waals surface area contributed by atoms with Crippen LogP contribution in [0.2, 0.25) is 0 Å². The average Bonchev–Trinajstić information content (AvgIpc) is 0.756. The van der Waals surface area contributed by atoms with E-state index in [0.717, 1.165) is 58.3 Å². The molecule has 115 heavy (non-hydrogen) atoms. The van der Waals surface area contributed by atoms with E-state index in [2.05, 4.69) is 48.8 Å². The molecule has 0 aromatic carbocycles. The quantitative estimate of drug-likeness (QED) is 0.0199. The van der Waals surface area contributed by atoms with Gasteiger partial charge in [-0.3, -0.25) is 9.59 Å². The molecule has 3 aliphatic rings. The van der Waals surface area contributed by atoms with Crippen LogP contribution >= 0.6 is 0 Å². The number of carboxylic acids is 1. The highest BCUT2D eigenvalue weighted by atomic mass is 16.8. The van der Waals surface area contributed by atoms with Gasteiger partial charge in [0.2, 0.25) is 11.8 Å². The molecule has 23 nitrogen and oxygen atoms in total. The highest BCUT2D eigenvalue weighted by Gasteiger charge is 2.60. The van der Waals surface area contributed by atoms with Crippen molar-refractivity contribution in [2.75, 3.05) is 26.4 Å². The molecule has 2 amide bonds. The third kappa shape index (κ3) is 47.8. The number of hydrogen-bond acceptors (Lipinski definition) is 20. The lowest BCUT2D eigenvalue weighted by Gasteiger charge is -2.50. The summed E-state index contributed by atoms with van der Waals surface area (Å²) in [6.07, 6.45) is 54.9. The highest BCUT2D eigenvalue weighted by Crippen LogP contribution is 2.39. The lowest BCUT2D eigenvalue weighted by molar-refractivity contribution is -0.386. The molecule has 674 valence electrons. The summed E-state index contributed by atoms with van der Waals surface area (Å²) in [6.45, 7) is 2.21. The summed E-state index contributed by atoms with van der Waals surface area (Å²) in [5.41, 5.74) is 0. The number of allylic oxidation sites excluding steroid dienone is 5. The molecule has 3 aliphatic heterocycles. The first kappa shape index (κ1) is 106. The topological polar surface area (TPSA) is 373 Å². The van der Waals surface area contributed by atoms with Crippen molar-refractivity contribution >= 4 is 17.8 Å². The Morgan fingerprint density at radius 1 is 0.461 bits per heavy atom. The molecule has 18 atom stereocenters. The largest absolute Gasteiger partial charge is 0.477 e. The number of rotatable bonds is 76. The van der Waals surface area contributed by atoms with Gasteiger partial charge >= 0.3 is 5.97 Å². The molecule has 3 fully saturated rings. The molecular formula is C92H170N2O21. The second-order valence-electron chi connectivity index (χ2n) is 33.9. The maximum Gasteiger partial charge on any atom is 0.364 e. The van der Waals surface area contributed by atoms with Gasteiger partial charge in [0.05, 0.1) is 50.7 Å². The minimum absolute atomic E-state index is 0.202. The van der Waals surface area contributed by atoms with E-state index >= 15 is 0 Å². The molecule has 0 radical (unpaired) electrons. The van der Waals surface area contributed by atoms with Gasteiger partial charge in [-0.15, -0.1) is 0 Å². The molecule has 3 heterocycles. The Balaban J connectivity index is 1.41. The summed E-state index contributed by atoms with van der Waals surface area (Å²) in [5, 5.41) is 137. The molecule has 0 aliphatic carbocycles. The SMILES string of the molecule is CCCCCCCCCCCCCCCCC/C=C\C/C=C\CCCCCCCCCCCCCCCCCCCC(=O)NC(COC1OC(CO)C(OC2OC(CO)C(O)C(OC3(C(=O)O)CC(O)C(NC(C)=O)C(C(O)C(O)CO)O3)C2O)C(O)C1O)C(O)/C=C/CCCCCCCCCCCCCCCCCCCCCC. The molecule has 3 rings (SSSR count). The van der Waals surface area contributed by atoms with E-state index in [-0.39, 0.29) is 12.3 Å². The van der Waals surface area contributed by atoms with Crippen LogP contribution in [0.15, 0.2) is 36.5 Å². The van der Waals surface area contributed by atoms with Crippen LogP contribution in [0, 0.1) is 0 Å². The molecule has 0 bridgehead atoms. The Bertz CT molecular complexity index is 2410. The van der Waals surface area contributed by atoms with Crippen molar-refractivity contribution in [3.05, 3.63) is 36.5 Å². The number of hydrogen-bond donors (Lipinski definition) is 14. The number of carboxylic acid groups (broad SMARTS) is 1. The Morgan fingerprint density at radius 2 is 0.843 bits per heavy atom. The summed E-state index contributed by atoms with van der Waals surface area (Å²) in [4.78, 5) is 38.8. The zero-order chi connectivity index (χ0) is 83.8. The number of aliphatic hydroxyl groups excluding tert-OH is 11. The smallest absolute Gasteiger partial charge is 0.364 e. The second-order valence-corrected chi connectivity index (χ2v) is 33.9. The Morgan fingerprint density at radius 3 is 1.23 bits per heavy atom. The van der Waals surface area contributed by atoms with E-state index in [1.807, 2.05) is 6.08 Å². The van der Waals surface area contributed by atoms with Gasteiger partial charge in [0.25, 0.3) is 5.79 Å². The van der Waals surface area contributed by atoms with Crippen LogP contribution in [-0.4, -0.2) is 215 Å². The van der Waals surface area contributed by atoms with Gasteiger partial charge in [-0.2, -0.15) is 0 Å². The predicted molar refractivity (Wildman–Crippen MR) is 454 cm³/mol. The lowest BCUT2D eigenvalue weighted by atomic mass is 9.88. The van der Waals surface area contributed by atoms with E-state index in [4.69, 9.17) is 28.4 Å². The fourth-order valence-electron chi connectivity index (χ4n) is 16.2. The third-order valence-electron chi connectivity index (χ3n) is 23.6. The zero-order valence-corrected chi connectivity index (χ0v) is 72.2. The molecule has 0 spiro atoms. The molecule has 23 heteroatoms. The molecule has 0 saturated carbocycles. The van der Waals surface area contributed by atoms with Crippen LogP contribution in [0.3, 0.4) is 0 Å². The maximum atomic E-state index is 13.6. The number of aliphatic carboxylic acids is 1. The first-order chi connectivity index (χ1) is 55.9. The van der Waals surface area contributed by atoms with Crippen molar-refractivity contribution in [3.8, 4) is 0 Å². The molecule has 0 aromatic rings. The number of ether oxygens (including phenoxy) is 6. The third-order valence-corrected chi connectivity index (χ3v) is 23.6. The van der Waals surface area contributed by atoms with Crippen molar-refractivity contribution in [1.29, 1.82) is 0 Å². The van der Waals surface area contributed by atoms with E-state index in [0.29, 0.717) is 12.8 Å². The summed E-state index contributed by atoms with van der Waals surface area (Å²) in [7, 11) is 0. The molecule has 18 unspecified atom stereocenters. The molecule has 14 N–H and O–H groups in total. The molecule has 0 aromatic heterocycles. The second kappa shape index (κ2) is 69.5.